The molecule has 0 amide bonds. The molecule has 0 heterocycles. The molecule has 0 rings (SSSR count). The first-order chi connectivity index (χ1) is 26.0. The number of carboxylic acid groups (broad SMARTS) is 4. The number of aliphatic carboxylic acids is 4. The first-order valence-corrected chi connectivity index (χ1v) is 21.0. The average Bonchev–Trinajstić information content (AvgIpc) is 3.11. The zero-order valence-corrected chi connectivity index (χ0v) is 33.5. The van der Waals surface area contributed by atoms with E-state index in [9.17, 15) is 19.2 Å². The molecule has 4 N–H and O–H groups in total. The predicted molar refractivity (Wildman–Crippen MR) is 219 cm³/mol. The molecule has 0 aliphatic carbocycles. The molecule has 8 heteroatoms. The van der Waals surface area contributed by atoms with Crippen molar-refractivity contribution in [3.63, 3.8) is 0 Å². The Balaban J connectivity index is 5.57. The largest absolute Gasteiger partial charge is 0.481 e. The lowest BCUT2D eigenvalue weighted by Gasteiger charge is -2.08. The molecule has 0 saturated carbocycles. The van der Waals surface area contributed by atoms with Crippen molar-refractivity contribution < 1.29 is 39.6 Å². The van der Waals surface area contributed by atoms with Crippen LogP contribution in [0.5, 0.6) is 0 Å². The highest BCUT2D eigenvalue weighted by Crippen LogP contribution is 2.22. The lowest BCUT2D eigenvalue weighted by atomic mass is 9.95. The van der Waals surface area contributed by atoms with Crippen LogP contribution in [0.2, 0.25) is 0 Å². The van der Waals surface area contributed by atoms with Gasteiger partial charge in [0, 0.05) is 36.8 Å². The molecular weight excluding hydrogens is 680 g/mol. The van der Waals surface area contributed by atoms with Gasteiger partial charge in [0.2, 0.25) is 0 Å². The Hall–Kier alpha value is -3.78. The molecule has 0 aromatic rings. The summed E-state index contributed by atoms with van der Waals surface area (Å²) >= 11 is 0. The number of hydrogen-bond acceptors (Lipinski definition) is 4. The second-order valence-corrected chi connectivity index (χ2v) is 14.7. The van der Waals surface area contributed by atoms with Crippen molar-refractivity contribution in [2.45, 2.75) is 205 Å². The first kappa shape index (κ1) is 50.2. The summed E-state index contributed by atoms with van der Waals surface area (Å²) in [6, 6.07) is 0. The van der Waals surface area contributed by atoms with Crippen LogP contribution in [-0.4, -0.2) is 44.3 Å². The Morgan fingerprint density at radius 2 is 0.463 bits per heavy atom. The molecule has 0 fully saturated rings. The summed E-state index contributed by atoms with van der Waals surface area (Å²) in [5.41, 5.74) is 3.97. The fraction of sp³-hybridized carbons (Fsp3) is 0.696. The topological polar surface area (TPSA) is 149 Å². The van der Waals surface area contributed by atoms with Crippen LogP contribution in [0, 0.1) is 23.7 Å². The molecule has 0 unspecified atom stereocenters. The minimum Gasteiger partial charge on any atom is -0.481 e. The van der Waals surface area contributed by atoms with E-state index in [1.54, 1.807) is 0 Å². The van der Waals surface area contributed by atoms with Crippen LogP contribution >= 0.6 is 0 Å². The third-order valence-corrected chi connectivity index (χ3v) is 9.52. The molecule has 0 bridgehead atoms. The van der Waals surface area contributed by atoms with Crippen molar-refractivity contribution in [1.29, 1.82) is 0 Å². The lowest BCUT2D eigenvalue weighted by Crippen LogP contribution is -1.94. The van der Waals surface area contributed by atoms with Crippen molar-refractivity contribution in [2.75, 3.05) is 0 Å². The second kappa shape index (κ2) is 36.2. The van der Waals surface area contributed by atoms with Crippen molar-refractivity contribution >= 4 is 23.9 Å². The van der Waals surface area contributed by atoms with Crippen LogP contribution in [0.4, 0.5) is 0 Å². The maximum absolute atomic E-state index is 10.8. The molecule has 8 nitrogen and oxygen atoms in total. The molecule has 0 spiro atoms. The Bertz CT molecular complexity index is 1160. The summed E-state index contributed by atoms with van der Waals surface area (Å²) in [4.78, 5) is 43.1. The Kier molecular flexibility index (Phi) is 33.7. The molecule has 0 aromatic carbocycles. The van der Waals surface area contributed by atoms with Crippen LogP contribution in [0.15, 0.2) is 35.5 Å². The van der Waals surface area contributed by atoms with Crippen LogP contribution in [0.3, 0.4) is 0 Å². The molecule has 54 heavy (non-hydrogen) atoms. The molecule has 0 saturated heterocycles. The molecule has 0 atom stereocenters. The minimum atomic E-state index is -0.739. The standard InChI is InChI=1S/C46H72O8/c1-39(27-19-11-3-7-15-23-31-43(47)48)35-37-41(29-21-13-5-9-17-25-33-45(51)52)42(30-22-14-6-10-18-26-34-46(53)54)38-36-40(2)28-20-12-4-8-16-24-32-44(49)50/h1-34H2,(H,47,48)(H,49,50)(H,51,52)(H,53,54)/b42-41+. The molecule has 0 aliphatic rings. The smallest absolute Gasteiger partial charge is 0.303 e. The van der Waals surface area contributed by atoms with Gasteiger partial charge in [-0.15, -0.1) is 0 Å². The van der Waals surface area contributed by atoms with Crippen LogP contribution in [0.1, 0.15) is 205 Å². The Labute approximate surface area is 327 Å². The summed E-state index contributed by atoms with van der Waals surface area (Å²) in [5.74, 6) is 10.8. The van der Waals surface area contributed by atoms with E-state index in [2.05, 4.69) is 36.8 Å². The fourth-order valence-electron chi connectivity index (χ4n) is 6.24. The lowest BCUT2D eigenvalue weighted by molar-refractivity contribution is -0.138. The maximum atomic E-state index is 10.8. The van der Waals surface area contributed by atoms with Crippen LogP contribution in [-0.2, 0) is 19.2 Å². The van der Waals surface area contributed by atoms with Gasteiger partial charge in [-0.2, -0.15) is 0 Å². The van der Waals surface area contributed by atoms with E-state index in [4.69, 9.17) is 20.4 Å². The van der Waals surface area contributed by atoms with E-state index >= 15 is 0 Å². The van der Waals surface area contributed by atoms with Crippen LogP contribution < -0.4 is 0 Å². The normalized spacial score (nSPS) is 11.1. The average molecular weight is 753 g/mol. The SMILES string of the molecule is C=C(C#C/C(CCCCCCCCC(=O)O)=C(/C#CC(=C)CCCCCCCCC(=O)O)CCCCCCCCC(=O)O)CCCCCCCCC(=O)O. The highest BCUT2D eigenvalue weighted by atomic mass is 16.4. The van der Waals surface area contributed by atoms with Gasteiger partial charge in [0.25, 0.3) is 0 Å². The van der Waals surface area contributed by atoms with Crippen molar-refractivity contribution in [3.05, 3.63) is 35.5 Å². The van der Waals surface area contributed by atoms with Gasteiger partial charge in [0.05, 0.1) is 0 Å². The fourth-order valence-corrected chi connectivity index (χ4v) is 6.24. The van der Waals surface area contributed by atoms with Crippen LogP contribution in [0.25, 0.3) is 0 Å². The number of carbonyl (C=O) groups is 4. The molecule has 0 aliphatic heterocycles. The second-order valence-electron chi connectivity index (χ2n) is 14.7. The summed E-state index contributed by atoms with van der Waals surface area (Å²) in [7, 11) is 0. The Morgan fingerprint density at radius 3 is 0.685 bits per heavy atom. The quantitative estimate of drug-likeness (QED) is 0.0365. The van der Waals surface area contributed by atoms with Gasteiger partial charge in [-0.05, 0) is 88.2 Å². The molecule has 0 aromatic heterocycles. The molecule has 304 valence electrons. The van der Waals surface area contributed by atoms with E-state index in [1.165, 1.54) is 0 Å². The predicted octanol–water partition coefficient (Wildman–Crippen LogP) is 12.2. The summed E-state index contributed by atoms with van der Waals surface area (Å²) in [6.07, 6.45) is 27.6. The maximum Gasteiger partial charge on any atom is 0.303 e. The van der Waals surface area contributed by atoms with Gasteiger partial charge in [-0.1, -0.05) is 140 Å². The number of rotatable bonds is 36. The summed E-state index contributed by atoms with van der Waals surface area (Å²) in [5, 5.41) is 35.4. The van der Waals surface area contributed by atoms with Crippen molar-refractivity contribution in [3.8, 4) is 23.7 Å². The van der Waals surface area contributed by atoms with Gasteiger partial charge in [0.1, 0.15) is 0 Å². The zero-order valence-electron chi connectivity index (χ0n) is 33.5. The highest BCUT2D eigenvalue weighted by molar-refractivity contribution is 5.67. The number of carboxylic acids is 4. The van der Waals surface area contributed by atoms with E-state index in [0.717, 1.165) is 202 Å². The van der Waals surface area contributed by atoms with E-state index in [1.807, 2.05) is 0 Å². The third-order valence-electron chi connectivity index (χ3n) is 9.52. The minimum absolute atomic E-state index is 0.226. The van der Waals surface area contributed by atoms with E-state index < -0.39 is 23.9 Å². The molecular formula is C46H72O8. The highest BCUT2D eigenvalue weighted by Gasteiger charge is 2.07. The third kappa shape index (κ3) is 36.6. The Morgan fingerprint density at radius 1 is 0.278 bits per heavy atom. The van der Waals surface area contributed by atoms with E-state index in [0.29, 0.717) is 0 Å². The first-order valence-electron chi connectivity index (χ1n) is 21.0. The molecule has 0 radical (unpaired) electrons. The number of hydrogen-bond donors (Lipinski definition) is 4. The number of allylic oxidation sites excluding steroid dienone is 4. The van der Waals surface area contributed by atoms with Crippen molar-refractivity contribution in [1.82, 2.24) is 0 Å². The summed E-state index contributed by atoms with van der Waals surface area (Å²) in [6.45, 7) is 8.51. The van der Waals surface area contributed by atoms with Gasteiger partial charge in [0.15, 0.2) is 0 Å². The van der Waals surface area contributed by atoms with E-state index in [-0.39, 0.29) is 25.7 Å². The van der Waals surface area contributed by atoms with Gasteiger partial charge in [-0.25, -0.2) is 0 Å². The zero-order chi connectivity index (χ0) is 40.1. The number of unbranched alkanes of at least 4 members (excludes halogenated alkanes) is 20. The van der Waals surface area contributed by atoms with Gasteiger partial charge < -0.3 is 20.4 Å². The van der Waals surface area contributed by atoms with Crippen molar-refractivity contribution in [2.24, 2.45) is 0 Å². The van der Waals surface area contributed by atoms with Gasteiger partial charge in [-0.3, -0.25) is 19.2 Å². The monoisotopic (exact) mass is 753 g/mol. The summed E-state index contributed by atoms with van der Waals surface area (Å²) < 4.78 is 0. The van der Waals surface area contributed by atoms with Gasteiger partial charge >= 0.3 is 23.9 Å².